The van der Waals surface area contributed by atoms with E-state index in [1.165, 1.54) is 32.1 Å². The third-order valence-electron chi connectivity index (χ3n) is 4.63. The van der Waals surface area contributed by atoms with Gasteiger partial charge in [0.05, 0.1) is 5.71 Å². The van der Waals surface area contributed by atoms with Crippen molar-refractivity contribution >= 4 is 11.5 Å². The lowest BCUT2D eigenvalue weighted by molar-refractivity contribution is -0.122. The Bertz CT molecular complexity index is 544. The summed E-state index contributed by atoms with van der Waals surface area (Å²) in [5, 5.41) is 13.4. The van der Waals surface area contributed by atoms with Crippen molar-refractivity contribution in [3.63, 3.8) is 0 Å². The maximum atomic E-state index is 12.2. The molecule has 1 saturated carbocycles. The highest BCUT2D eigenvalue weighted by atomic mass is 16.6. The molecule has 1 aliphatic carbocycles. The number of carbonyl (C=O) groups is 1. The molecule has 0 saturated heterocycles. The van der Waals surface area contributed by atoms with E-state index in [1.807, 2.05) is 12.1 Å². The standard InChI is InChI=1S/C18H23NO3/c20-15-8-6-14(7-9-15)18-12-17(22-19-18)11-16(21)10-13-4-2-1-3-5-13/h6-9,13,17,20H,1-5,10-12H2. The molecule has 4 heteroatoms. The van der Waals surface area contributed by atoms with Crippen LogP contribution in [0.15, 0.2) is 29.4 Å². The van der Waals surface area contributed by atoms with Crippen LogP contribution in [0.25, 0.3) is 0 Å². The molecule has 0 radical (unpaired) electrons. The molecule has 1 aromatic rings. The minimum atomic E-state index is -0.125. The Kier molecular flexibility index (Phi) is 4.76. The van der Waals surface area contributed by atoms with E-state index in [0.29, 0.717) is 31.0 Å². The molecule has 1 heterocycles. The fourth-order valence-electron chi connectivity index (χ4n) is 3.41. The largest absolute Gasteiger partial charge is 0.508 e. The minimum absolute atomic E-state index is 0.125. The third-order valence-corrected chi connectivity index (χ3v) is 4.63. The number of rotatable bonds is 5. The number of oxime groups is 1. The van der Waals surface area contributed by atoms with Crippen LogP contribution < -0.4 is 0 Å². The first-order valence-electron chi connectivity index (χ1n) is 8.24. The van der Waals surface area contributed by atoms with E-state index in [9.17, 15) is 9.90 Å². The van der Waals surface area contributed by atoms with Crippen molar-refractivity contribution in [2.75, 3.05) is 0 Å². The number of carbonyl (C=O) groups excluding carboxylic acids is 1. The molecular formula is C18H23NO3. The molecule has 1 fully saturated rings. The SMILES string of the molecule is O=C(CC1CCCCC1)CC1CC(c2ccc(O)cc2)=NO1. The summed E-state index contributed by atoms with van der Waals surface area (Å²) < 4.78 is 0. The highest BCUT2D eigenvalue weighted by Crippen LogP contribution is 2.28. The van der Waals surface area contributed by atoms with Crippen molar-refractivity contribution in [3.8, 4) is 5.75 Å². The number of benzene rings is 1. The lowest BCUT2D eigenvalue weighted by Gasteiger charge is -2.21. The minimum Gasteiger partial charge on any atom is -0.508 e. The maximum Gasteiger partial charge on any atom is 0.140 e. The smallest absolute Gasteiger partial charge is 0.140 e. The number of hydrogen-bond acceptors (Lipinski definition) is 4. The first kappa shape index (κ1) is 15.1. The number of phenolic OH excluding ortho intramolecular Hbond substituents is 1. The first-order chi connectivity index (χ1) is 10.7. The molecule has 4 nitrogen and oxygen atoms in total. The molecule has 118 valence electrons. The summed E-state index contributed by atoms with van der Waals surface area (Å²) in [4.78, 5) is 17.6. The van der Waals surface area contributed by atoms with Gasteiger partial charge in [0, 0.05) is 19.3 Å². The van der Waals surface area contributed by atoms with Crippen molar-refractivity contribution in [1.29, 1.82) is 0 Å². The van der Waals surface area contributed by atoms with Crippen molar-refractivity contribution in [2.45, 2.75) is 57.5 Å². The van der Waals surface area contributed by atoms with E-state index < -0.39 is 0 Å². The maximum absolute atomic E-state index is 12.2. The summed E-state index contributed by atoms with van der Waals surface area (Å²) in [7, 11) is 0. The molecule has 1 aromatic carbocycles. The topological polar surface area (TPSA) is 58.9 Å². The Labute approximate surface area is 131 Å². The van der Waals surface area contributed by atoms with Crippen molar-refractivity contribution < 1.29 is 14.7 Å². The van der Waals surface area contributed by atoms with Gasteiger partial charge in [-0.25, -0.2) is 0 Å². The van der Waals surface area contributed by atoms with E-state index in [4.69, 9.17) is 4.84 Å². The van der Waals surface area contributed by atoms with E-state index in [1.54, 1.807) is 12.1 Å². The molecule has 3 rings (SSSR count). The number of Topliss-reactive ketones (excluding diaryl/α,β-unsaturated/α-hetero) is 1. The Morgan fingerprint density at radius 2 is 1.86 bits per heavy atom. The van der Waals surface area contributed by atoms with Crippen LogP contribution in [0.3, 0.4) is 0 Å². The molecule has 1 N–H and O–H groups in total. The summed E-state index contributed by atoms with van der Waals surface area (Å²) in [6, 6.07) is 6.92. The van der Waals surface area contributed by atoms with E-state index in [0.717, 1.165) is 11.3 Å². The predicted molar refractivity (Wildman–Crippen MR) is 84.9 cm³/mol. The normalized spacial score (nSPS) is 22.2. The Hall–Kier alpha value is -1.84. The van der Waals surface area contributed by atoms with Gasteiger partial charge in [-0.05, 0) is 35.7 Å². The van der Waals surface area contributed by atoms with E-state index >= 15 is 0 Å². The van der Waals surface area contributed by atoms with Gasteiger partial charge in [0.25, 0.3) is 0 Å². The summed E-state index contributed by atoms with van der Waals surface area (Å²) >= 11 is 0. The van der Waals surface area contributed by atoms with Gasteiger partial charge < -0.3 is 9.94 Å². The molecular weight excluding hydrogens is 278 g/mol. The first-order valence-corrected chi connectivity index (χ1v) is 8.24. The lowest BCUT2D eigenvalue weighted by atomic mass is 9.85. The van der Waals surface area contributed by atoms with Crippen LogP contribution in [0.5, 0.6) is 5.75 Å². The van der Waals surface area contributed by atoms with Gasteiger partial charge >= 0.3 is 0 Å². The Morgan fingerprint density at radius 1 is 1.14 bits per heavy atom. The lowest BCUT2D eigenvalue weighted by Crippen LogP contribution is -2.18. The molecule has 0 aromatic heterocycles. The average molecular weight is 301 g/mol. The van der Waals surface area contributed by atoms with Crippen molar-refractivity contribution in [3.05, 3.63) is 29.8 Å². The van der Waals surface area contributed by atoms with Crippen LogP contribution in [0.2, 0.25) is 0 Å². The molecule has 1 unspecified atom stereocenters. The zero-order chi connectivity index (χ0) is 15.4. The predicted octanol–water partition coefficient (Wildman–Crippen LogP) is 3.81. The summed E-state index contributed by atoms with van der Waals surface area (Å²) in [6.45, 7) is 0. The second-order valence-electron chi connectivity index (χ2n) is 6.47. The van der Waals surface area contributed by atoms with Gasteiger partial charge in [0.2, 0.25) is 0 Å². The number of hydrogen-bond donors (Lipinski definition) is 1. The quantitative estimate of drug-likeness (QED) is 0.899. The van der Waals surface area contributed by atoms with Gasteiger partial charge in [-0.3, -0.25) is 4.79 Å². The van der Waals surface area contributed by atoms with Gasteiger partial charge in [0.1, 0.15) is 17.6 Å². The van der Waals surface area contributed by atoms with Crippen LogP contribution in [-0.4, -0.2) is 22.7 Å². The summed E-state index contributed by atoms with van der Waals surface area (Å²) in [6.07, 6.45) is 7.97. The zero-order valence-electron chi connectivity index (χ0n) is 12.8. The molecule has 2 aliphatic rings. The van der Waals surface area contributed by atoms with Gasteiger partial charge in [-0.15, -0.1) is 0 Å². The molecule has 0 amide bonds. The van der Waals surface area contributed by atoms with E-state index in [-0.39, 0.29) is 11.9 Å². The van der Waals surface area contributed by atoms with Crippen LogP contribution in [-0.2, 0) is 9.63 Å². The number of aromatic hydroxyl groups is 1. The third kappa shape index (κ3) is 3.87. The fraction of sp³-hybridized carbons (Fsp3) is 0.556. The van der Waals surface area contributed by atoms with Crippen molar-refractivity contribution in [1.82, 2.24) is 0 Å². The number of phenols is 1. The number of nitrogens with zero attached hydrogens (tertiary/aromatic N) is 1. The monoisotopic (exact) mass is 301 g/mol. The Balaban J connectivity index is 1.47. The van der Waals surface area contributed by atoms with Gasteiger partial charge in [0.15, 0.2) is 0 Å². The average Bonchev–Trinajstić information content (AvgIpc) is 2.97. The van der Waals surface area contributed by atoms with Crippen LogP contribution in [0.1, 0.15) is 56.9 Å². The van der Waals surface area contributed by atoms with Gasteiger partial charge in [-0.1, -0.05) is 37.3 Å². The number of ketones is 1. The van der Waals surface area contributed by atoms with E-state index in [2.05, 4.69) is 5.16 Å². The van der Waals surface area contributed by atoms with Crippen LogP contribution in [0.4, 0.5) is 0 Å². The fourth-order valence-corrected chi connectivity index (χ4v) is 3.41. The Morgan fingerprint density at radius 3 is 2.59 bits per heavy atom. The van der Waals surface area contributed by atoms with Crippen LogP contribution in [0, 0.1) is 5.92 Å². The molecule has 22 heavy (non-hydrogen) atoms. The molecule has 0 spiro atoms. The second-order valence-corrected chi connectivity index (χ2v) is 6.47. The van der Waals surface area contributed by atoms with Gasteiger partial charge in [-0.2, -0.15) is 0 Å². The molecule has 1 aliphatic heterocycles. The van der Waals surface area contributed by atoms with Crippen molar-refractivity contribution in [2.24, 2.45) is 11.1 Å². The highest BCUT2D eigenvalue weighted by Gasteiger charge is 2.26. The summed E-state index contributed by atoms with van der Waals surface area (Å²) in [5.74, 6) is 1.13. The highest BCUT2D eigenvalue weighted by molar-refractivity contribution is 6.01. The molecule has 1 atom stereocenters. The van der Waals surface area contributed by atoms with Crippen LogP contribution >= 0.6 is 0 Å². The zero-order valence-corrected chi connectivity index (χ0v) is 12.8. The molecule has 0 bridgehead atoms. The summed E-state index contributed by atoms with van der Waals surface area (Å²) in [5.41, 5.74) is 1.80. The second kappa shape index (κ2) is 6.95.